The summed E-state index contributed by atoms with van der Waals surface area (Å²) in [5, 5.41) is 12.6. The van der Waals surface area contributed by atoms with Crippen molar-refractivity contribution in [1.82, 2.24) is 25.1 Å². The SMILES string of the molecule is CCOc1ccc(-n2nnc(-c3nc(-c4ccccc4C)no3)c2C)cc1. The van der Waals surface area contributed by atoms with E-state index in [4.69, 9.17) is 9.26 Å². The van der Waals surface area contributed by atoms with Crippen molar-refractivity contribution in [3.05, 3.63) is 59.8 Å². The number of hydrogen-bond acceptors (Lipinski definition) is 6. The minimum Gasteiger partial charge on any atom is -0.494 e. The second-order valence-electron chi connectivity index (χ2n) is 6.10. The molecule has 0 amide bonds. The van der Waals surface area contributed by atoms with Crippen LogP contribution in [-0.2, 0) is 0 Å². The zero-order chi connectivity index (χ0) is 18.8. The van der Waals surface area contributed by atoms with Gasteiger partial charge < -0.3 is 9.26 Å². The molecule has 0 aliphatic carbocycles. The maximum atomic E-state index is 5.48. The Hall–Kier alpha value is -3.48. The van der Waals surface area contributed by atoms with Crippen molar-refractivity contribution in [1.29, 1.82) is 0 Å². The molecule has 0 unspecified atom stereocenters. The molecule has 0 radical (unpaired) electrons. The second-order valence-corrected chi connectivity index (χ2v) is 6.10. The van der Waals surface area contributed by atoms with E-state index in [1.54, 1.807) is 4.68 Å². The molecule has 0 spiro atoms. The first-order valence-electron chi connectivity index (χ1n) is 8.73. The first-order valence-corrected chi connectivity index (χ1v) is 8.73. The van der Waals surface area contributed by atoms with Gasteiger partial charge in [-0.1, -0.05) is 34.6 Å². The van der Waals surface area contributed by atoms with Gasteiger partial charge in [-0.15, -0.1) is 5.10 Å². The molecule has 2 aromatic heterocycles. The number of nitrogens with zero attached hydrogens (tertiary/aromatic N) is 5. The summed E-state index contributed by atoms with van der Waals surface area (Å²) in [6, 6.07) is 15.6. The lowest BCUT2D eigenvalue weighted by Gasteiger charge is -2.05. The Morgan fingerprint density at radius 3 is 2.56 bits per heavy atom. The van der Waals surface area contributed by atoms with Crippen LogP contribution in [0.15, 0.2) is 53.1 Å². The molecule has 0 atom stereocenters. The average molecular weight is 361 g/mol. The van der Waals surface area contributed by atoms with Crippen molar-refractivity contribution >= 4 is 0 Å². The molecule has 27 heavy (non-hydrogen) atoms. The Bertz CT molecular complexity index is 1070. The van der Waals surface area contributed by atoms with Crippen molar-refractivity contribution in [3.8, 4) is 34.4 Å². The smallest absolute Gasteiger partial charge is 0.280 e. The van der Waals surface area contributed by atoms with E-state index in [0.29, 0.717) is 24.0 Å². The van der Waals surface area contributed by atoms with E-state index >= 15 is 0 Å². The van der Waals surface area contributed by atoms with Crippen LogP contribution >= 0.6 is 0 Å². The van der Waals surface area contributed by atoms with Crippen LogP contribution in [0.1, 0.15) is 18.2 Å². The predicted octanol–water partition coefficient (Wildman–Crippen LogP) is 4.00. The molecule has 0 saturated carbocycles. The molecule has 0 fully saturated rings. The fourth-order valence-electron chi connectivity index (χ4n) is 2.88. The monoisotopic (exact) mass is 361 g/mol. The van der Waals surface area contributed by atoms with Gasteiger partial charge >= 0.3 is 0 Å². The zero-order valence-corrected chi connectivity index (χ0v) is 15.4. The van der Waals surface area contributed by atoms with Gasteiger partial charge in [0, 0.05) is 5.56 Å². The highest BCUT2D eigenvalue weighted by molar-refractivity contribution is 5.62. The normalized spacial score (nSPS) is 10.9. The highest BCUT2D eigenvalue weighted by Crippen LogP contribution is 2.26. The van der Waals surface area contributed by atoms with Gasteiger partial charge in [-0.05, 0) is 50.6 Å². The highest BCUT2D eigenvalue weighted by Gasteiger charge is 2.19. The van der Waals surface area contributed by atoms with Gasteiger partial charge in [0.15, 0.2) is 5.69 Å². The lowest BCUT2D eigenvalue weighted by atomic mass is 10.1. The summed E-state index contributed by atoms with van der Waals surface area (Å²) in [7, 11) is 0. The van der Waals surface area contributed by atoms with Gasteiger partial charge in [-0.25, -0.2) is 4.68 Å². The van der Waals surface area contributed by atoms with Crippen LogP contribution in [0.4, 0.5) is 0 Å². The van der Waals surface area contributed by atoms with E-state index in [2.05, 4.69) is 20.5 Å². The first kappa shape index (κ1) is 17.0. The zero-order valence-electron chi connectivity index (χ0n) is 15.4. The lowest BCUT2D eigenvalue weighted by Crippen LogP contribution is -1.99. The molecule has 2 aromatic carbocycles. The molecule has 0 aliphatic rings. The maximum Gasteiger partial charge on any atom is 0.280 e. The fraction of sp³-hybridized carbons (Fsp3) is 0.200. The van der Waals surface area contributed by atoms with Crippen LogP contribution in [0.3, 0.4) is 0 Å². The first-order chi connectivity index (χ1) is 13.2. The van der Waals surface area contributed by atoms with Gasteiger partial charge in [0.25, 0.3) is 5.89 Å². The minimum atomic E-state index is 0.350. The lowest BCUT2D eigenvalue weighted by molar-refractivity contribution is 0.340. The van der Waals surface area contributed by atoms with Crippen molar-refractivity contribution in [2.45, 2.75) is 20.8 Å². The molecule has 4 aromatic rings. The van der Waals surface area contributed by atoms with Crippen LogP contribution in [0.5, 0.6) is 5.75 Å². The molecule has 0 aliphatic heterocycles. The molecule has 0 bridgehead atoms. The number of benzene rings is 2. The van der Waals surface area contributed by atoms with Crippen molar-refractivity contribution < 1.29 is 9.26 Å². The molecular weight excluding hydrogens is 342 g/mol. The van der Waals surface area contributed by atoms with Crippen molar-refractivity contribution in [2.75, 3.05) is 6.61 Å². The number of hydrogen-bond donors (Lipinski definition) is 0. The third-order valence-corrected chi connectivity index (χ3v) is 4.30. The summed E-state index contributed by atoms with van der Waals surface area (Å²) >= 11 is 0. The van der Waals surface area contributed by atoms with Gasteiger partial charge in [-0.3, -0.25) is 0 Å². The van der Waals surface area contributed by atoms with E-state index in [1.807, 2.05) is 69.3 Å². The number of rotatable bonds is 5. The summed E-state index contributed by atoms with van der Waals surface area (Å²) in [4.78, 5) is 4.50. The Labute approximate surface area is 156 Å². The maximum absolute atomic E-state index is 5.48. The molecular formula is C20H19N5O2. The summed E-state index contributed by atoms with van der Waals surface area (Å²) in [6.07, 6.45) is 0. The van der Waals surface area contributed by atoms with Crippen molar-refractivity contribution in [3.63, 3.8) is 0 Å². The van der Waals surface area contributed by atoms with Crippen LogP contribution in [0, 0.1) is 13.8 Å². The Kier molecular flexibility index (Phi) is 4.42. The van der Waals surface area contributed by atoms with Crippen LogP contribution in [-0.4, -0.2) is 31.7 Å². The Morgan fingerprint density at radius 1 is 1.04 bits per heavy atom. The Morgan fingerprint density at radius 2 is 1.81 bits per heavy atom. The van der Waals surface area contributed by atoms with E-state index in [1.165, 1.54) is 0 Å². The van der Waals surface area contributed by atoms with Gasteiger partial charge in [0.1, 0.15) is 5.75 Å². The van der Waals surface area contributed by atoms with E-state index in [-0.39, 0.29) is 0 Å². The third-order valence-electron chi connectivity index (χ3n) is 4.30. The second kappa shape index (κ2) is 7.03. The minimum absolute atomic E-state index is 0.350. The van der Waals surface area contributed by atoms with E-state index in [9.17, 15) is 0 Å². The van der Waals surface area contributed by atoms with Crippen LogP contribution < -0.4 is 4.74 Å². The van der Waals surface area contributed by atoms with Gasteiger partial charge in [0.2, 0.25) is 5.82 Å². The molecule has 0 saturated heterocycles. The summed E-state index contributed by atoms with van der Waals surface area (Å²) < 4.78 is 12.7. The number of ether oxygens (including phenoxy) is 1. The van der Waals surface area contributed by atoms with Gasteiger partial charge in [-0.2, -0.15) is 4.98 Å². The van der Waals surface area contributed by atoms with E-state index < -0.39 is 0 Å². The largest absolute Gasteiger partial charge is 0.494 e. The molecule has 7 heteroatoms. The van der Waals surface area contributed by atoms with Crippen LogP contribution in [0.2, 0.25) is 0 Å². The van der Waals surface area contributed by atoms with Crippen LogP contribution in [0.25, 0.3) is 28.7 Å². The molecule has 2 heterocycles. The summed E-state index contributed by atoms with van der Waals surface area (Å²) in [5.41, 5.74) is 4.28. The third kappa shape index (κ3) is 3.19. The summed E-state index contributed by atoms with van der Waals surface area (Å²) in [5.74, 6) is 1.71. The fourth-order valence-corrected chi connectivity index (χ4v) is 2.88. The topological polar surface area (TPSA) is 78.9 Å². The van der Waals surface area contributed by atoms with Gasteiger partial charge in [0.05, 0.1) is 18.0 Å². The van der Waals surface area contributed by atoms with E-state index in [0.717, 1.165) is 28.3 Å². The molecule has 4 rings (SSSR count). The molecule has 136 valence electrons. The predicted molar refractivity (Wildman–Crippen MR) is 101 cm³/mol. The number of aromatic nitrogens is 5. The standard InChI is InChI=1S/C20H19N5O2/c1-4-26-16-11-9-15(10-12-16)25-14(3)18(22-24-25)20-21-19(23-27-20)17-8-6-5-7-13(17)2/h5-12H,4H2,1-3H3. The molecule has 0 N–H and O–H groups in total. The number of aryl methyl sites for hydroxylation is 1. The average Bonchev–Trinajstić information content (AvgIpc) is 3.30. The molecule has 7 nitrogen and oxygen atoms in total. The quantitative estimate of drug-likeness (QED) is 0.535. The van der Waals surface area contributed by atoms with Crippen molar-refractivity contribution in [2.24, 2.45) is 0 Å². The summed E-state index contributed by atoms with van der Waals surface area (Å²) in [6.45, 7) is 6.52. The highest BCUT2D eigenvalue weighted by atomic mass is 16.5. The Balaban J connectivity index is 1.66.